The van der Waals surface area contributed by atoms with Crippen molar-refractivity contribution in [3.63, 3.8) is 0 Å². The van der Waals surface area contributed by atoms with Crippen molar-refractivity contribution < 1.29 is 9.59 Å². The molecule has 2 N–H and O–H groups in total. The number of fused-ring (bicyclic) bond motifs is 1. The van der Waals surface area contributed by atoms with Crippen molar-refractivity contribution in [2.24, 2.45) is 7.05 Å². The van der Waals surface area contributed by atoms with Crippen LogP contribution in [0.2, 0.25) is 0 Å². The number of rotatable bonds is 2. The number of nitrogens with zero attached hydrogens (tertiary/aromatic N) is 3. The fourth-order valence-corrected chi connectivity index (χ4v) is 3.95. The van der Waals surface area contributed by atoms with Gasteiger partial charge in [-0.2, -0.15) is 5.10 Å². The van der Waals surface area contributed by atoms with Crippen LogP contribution in [0.25, 0.3) is 10.9 Å². The molecule has 2 aliphatic rings. The second-order valence-corrected chi connectivity index (χ2v) is 6.95. The van der Waals surface area contributed by atoms with Crippen molar-refractivity contribution in [2.45, 2.75) is 32.1 Å². The normalized spacial score (nSPS) is 19.5. The molecule has 0 saturated carbocycles. The van der Waals surface area contributed by atoms with Crippen molar-refractivity contribution in [1.82, 2.24) is 20.4 Å². The summed E-state index contributed by atoms with van der Waals surface area (Å²) >= 11 is 0. The molecule has 25 heavy (non-hydrogen) atoms. The highest BCUT2D eigenvalue weighted by molar-refractivity contribution is 6.09. The van der Waals surface area contributed by atoms with E-state index in [9.17, 15) is 9.59 Å². The van der Waals surface area contributed by atoms with Crippen molar-refractivity contribution in [3.8, 4) is 0 Å². The van der Waals surface area contributed by atoms with Crippen molar-refractivity contribution in [3.05, 3.63) is 23.3 Å². The first-order valence-corrected chi connectivity index (χ1v) is 8.84. The van der Waals surface area contributed by atoms with Gasteiger partial charge in [-0.05, 0) is 62.0 Å². The lowest BCUT2D eigenvalue weighted by Gasteiger charge is -2.26. The van der Waals surface area contributed by atoms with Gasteiger partial charge in [0.05, 0.1) is 5.52 Å². The minimum Gasteiger partial charge on any atom is -0.317 e. The average Bonchev–Trinajstić information content (AvgIpc) is 2.91. The first kappa shape index (κ1) is 16.1. The summed E-state index contributed by atoms with van der Waals surface area (Å²) < 4.78 is 1.83. The van der Waals surface area contributed by atoms with E-state index in [1.165, 1.54) is 11.1 Å². The van der Waals surface area contributed by atoms with Crippen LogP contribution in [-0.2, 0) is 11.8 Å². The summed E-state index contributed by atoms with van der Waals surface area (Å²) in [5, 5.41) is 11.3. The summed E-state index contributed by atoms with van der Waals surface area (Å²) in [6, 6.07) is 3.97. The number of piperidine rings is 1. The molecular weight excluding hydrogens is 318 g/mol. The minimum atomic E-state index is -0.392. The highest BCUT2D eigenvalue weighted by Crippen LogP contribution is 2.34. The molecule has 0 aliphatic carbocycles. The molecule has 3 amide bonds. The molecule has 0 spiro atoms. The summed E-state index contributed by atoms with van der Waals surface area (Å²) in [6.45, 7) is 4.61. The first-order valence-electron chi connectivity index (χ1n) is 8.84. The molecule has 0 bridgehead atoms. The Morgan fingerprint density at radius 1 is 1.20 bits per heavy atom. The highest BCUT2D eigenvalue weighted by atomic mass is 16.2. The summed E-state index contributed by atoms with van der Waals surface area (Å²) in [7, 11) is 1.90. The molecule has 1 aromatic carbocycles. The van der Waals surface area contributed by atoms with Crippen molar-refractivity contribution in [1.29, 1.82) is 0 Å². The number of imide groups is 1. The molecule has 4 rings (SSSR count). The van der Waals surface area contributed by atoms with Crippen LogP contribution in [0.15, 0.2) is 12.1 Å². The Hall–Kier alpha value is -2.41. The molecule has 7 heteroatoms. The van der Waals surface area contributed by atoms with Crippen LogP contribution < -0.4 is 15.5 Å². The molecule has 2 saturated heterocycles. The maximum Gasteiger partial charge on any atom is 0.329 e. The minimum absolute atomic E-state index is 0.231. The van der Waals surface area contributed by atoms with Crippen molar-refractivity contribution in [2.75, 3.05) is 24.5 Å². The van der Waals surface area contributed by atoms with Gasteiger partial charge in [0, 0.05) is 25.4 Å². The number of anilines is 1. The van der Waals surface area contributed by atoms with Gasteiger partial charge in [0.2, 0.25) is 5.91 Å². The number of carbonyl (C=O) groups excluding carboxylic acids is 2. The number of hydrogen-bond acceptors (Lipinski definition) is 4. The second-order valence-electron chi connectivity index (χ2n) is 6.95. The zero-order valence-corrected chi connectivity index (χ0v) is 14.6. The molecule has 0 radical (unpaired) electrons. The van der Waals surface area contributed by atoms with E-state index in [1.54, 1.807) is 4.90 Å². The molecule has 1 aromatic heterocycles. The van der Waals surface area contributed by atoms with E-state index in [0.717, 1.165) is 36.8 Å². The standard InChI is InChI=1S/C18H23N5O2/c1-11-9-14-15(10-13(11)12-3-6-19-7-4-12)22(2)21-17(14)23-8-5-16(24)20-18(23)25/h9-10,12,19H,3-8H2,1-2H3,(H,20,24,25). The fourth-order valence-electron chi connectivity index (χ4n) is 3.95. The molecule has 2 aliphatic heterocycles. The van der Waals surface area contributed by atoms with Crippen LogP contribution in [0.3, 0.4) is 0 Å². The largest absolute Gasteiger partial charge is 0.329 e. The zero-order chi connectivity index (χ0) is 17.6. The van der Waals surface area contributed by atoms with Crippen molar-refractivity contribution >= 4 is 28.7 Å². The molecular formula is C18H23N5O2. The van der Waals surface area contributed by atoms with Gasteiger partial charge in [-0.15, -0.1) is 0 Å². The zero-order valence-electron chi connectivity index (χ0n) is 14.6. The number of carbonyl (C=O) groups is 2. The molecule has 132 valence electrons. The predicted octanol–water partition coefficient (Wildman–Crippen LogP) is 1.80. The SMILES string of the molecule is Cc1cc2c(N3CCC(=O)NC3=O)nn(C)c2cc1C1CCNCC1. The maximum absolute atomic E-state index is 12.2. The van der Waals surface area contributed by atoms with E-state index in [-0.39, 0.29) is 5.91 Å². The Balaban J connectivity index is 1.76. The third-order valence-electron chi connectivity index (χ3n) is 5.31. The number of hydrogen-bond donors (Lipinski definition) is 2. The third-order valence-corrected chi connectivity index (χ3v) is 5.31. The van der Waals surface area contributed by atoms with Crippen LogP contribution in [0.5, 0.6) is 0 Å². The maximum atomic E-state index is 12.2. The number of benzene rings is 1. The molecule has 3 heterocycles. The van der Waals surface area contributed by atoms with E-state index in [4.69, 9.17) is 0 Å². The Labute approximate surface area is 146 Å². The number of urea groups is 1. The van der Waals surface area contributed by atoms with Gasteiger partial charge in [0.1, 0.15) is 0 Å². The fraction of sp³-hybridized carbons (Fsp3) is 0.500. The molecule has 0 atom stereocenters. The van der Waals surface area contributed by atoms with E-state index in [0.29, 0.717) is 24.7 Å². The van der Waals surface area contributed by atoms with Gasteiger partial charge in [-0.3, -0.25) is 19.7 Å². The number of aromatic nitrogens is 2. The molecule has 2 aromatic rings. The highest BCUT2D eigenvalue weighted by Gasteiger charge is 2.28. The lowest BCUT2D eigenvalue weighted by molar-refractivity contribution is -0.120. The van der Waals surface area contributed by atoms with E-state index < -0.39 is 6.03 Å². The van der Waals surface area contributed by atoms with Gasteiger partial charge < -0.3 is 5.32 Å². The molecule has 2 fully saturated rings. The summed E-state index contributed by atoms with van der Waals surface area (Å²) in [5.74, 6) is 0.966. The van der Waals surface area contributed by atoms with Crippen LogP contribution in [0.1, 0.15) is 36.3 Å². The van der Waals surface area contributed by atoms with Gasteiger partial charge in [-0.25, -0.2) is 4.79 Å². The topological polar surface area (TPSA) is 79.3 Å². The smallest absolute Gasteiger partial charge is 0.317 e. The summed E-state index contributed by atoms with van der Waals surface area (Å²) in [6.07, 6.45) is 2.59. The predicted molar refractivity (Wildman–Crippen MR) is 95.8 cm³/mol. The van der Waals surface area contributed by atoms with Crippen LogP contribution in [0, 0.1) is 6.92 Å². The lowest BCUT2D eigenvalue weighted by Crippen LogP contribution is -2.49. The van der Waals surface area contributed by atoms with Crippen LogP contribution >= 0.6 is 0 Å². The Morgan fingerprint density at radius 2 is 1.96 bits per heavy atom. The molecule has 0 unspecified atom stereocenters. The first-order chi connectivity index (χ1) is 12.0. The lowest BCUT2D eigenvalue weighted by atomic mass is 9.87. The number of amides is 3. The van der Waals surface area contributed by atoms with E-state index in [2.05, 4.69) is 34.8 Å². The summed E-state index contributed by atoms with van der Waals surface area (Å²) in [4.78, 5) is 25.2. The Kier molecular flexibility index (Phi) is 3.95. The number of aryl methyl sites for hydroxylation is 2. The van der Waals surface area contributed by atoms with E-state index >= 15 is 0 Å². The van der Waals surface area contributed by atoms with Crippen LogP contribution in [-0.4, -0.2) is 41.4 Å². The monoisotopic (exact) mass is 341 g/mol. The Bertz CT molecular complexity index is 851. The van der Waals surface area contributed by atoms with Gasteiger partial charge >= 0.3 is 6.03 Å². The number of nitrogens with one attached hydrogen (secondary N) is 2. The van der Waals surface area contributed by atoms with E-state index in [1.807, 2.05) is 11.7 Å². The van der Waals surface area contributed by atoms with Crippen LogP contribution in [0.4, 0.5) is 10.6 Å². The van der Waals surface area contributed by atoms with Gasteiger partial charge in [-0.1, -0.05) is 0 Å². The molecule has 7 nitrogen and oxygen atoms in total. The summed E-state index contributed by atoms with van der Waals surface area (Å²) in [5.41, 5.74) is 3.64. The third kappa shape index (κ3) is 2.78. The quantitative estimate of drug-likeness (QED) is 0.873. The second kappa shape index (κ2) is 6.15. The average molecular weight is 341 g/mol. The Morgan fingerprint density at radius 3 is 2.68 bits per heavy atom. The van der Waals surface area contributed by atoms with Gasteiger partial charge in [0.25, 0.3) is 0 Å². The van der Waals surface area contributed by atoms with Gasteiger partial charge in [0.15, 0.2) is 5.82 Å².